The molecule has 2 saturated heterocycles. The van der Waals surface area contributed by atoms with Crippen molar-refractivity contribution in [2.45, 2.75) is 117 Å². The standard InChI is InChI=1S/C32H51N3O5/c1-29(2,3)16-22(36)15-23(30(4,5)6)28(40)35-19-32(31(11-12-31)18-34(32)7)17-24(35)25(37)14-21(26(38)27(33)39)13-20-9-8-10-20/h20-21,23-24H,8-19H2,1-7H3,(H2,33,39)/t21?,23-,24+,32?/m1/s1. The second kappa shape index (κ2) is 10.6. The van der Waals surface area contributed by atoms with Crippen LogP contribution < -0.4 is 5.73 Å². The highest BCUT2D eigenvalue weighted by atomic mass is 16.2. The molecule has 40 heavy (non-hydrogen) atoms. The van der Waals surface area contributed by atoms with E-state index in [1.165, 1.54) is 0 Å². The van der Waals surface area contributed by atoms with Crippen molar-refractivity contribution in [3.05, 3.63) is 0 Å². The lowest BCUT2D eigenvalue weighted by Crippen LogP contribution is -2.68. The zero-order chi connectivity index (χ0) is 29.8. The average molecular weight is 558 g/mol. The molecule has 4 atom stereocenters. The summed E-state index contributed by atoms with van der Waals surface area (Å²) in [6, 6.07) is -0.667. The first kappa shape index (κ1) is 30.9. The Hall–Kier alpha value is -2.09. The van der Waals surface area contributed by atoms with Gasteiger partial charge in [-0.3, -0.25) is 28.9 Å². The van der Waals surface area contributed by atoms with Gasteiger partial charge in [0.2, 0.25) is 11.7 Å². The van der Waals surface area contributed by atoms with Crippen molar-refractivity contribution < 1.29 is 24.0 Å². The SMILES string of the molecule is CN1CC2(CC2)C12C[C@@H](C(=O)CC(CC1CCC1)C(=O)C(N)=O)N(C(=O)[C@@H](CC(=O)CC(C)(C)C)C(C)(C)C)C2. The fourth-order valence-corrected chi connectivity index (χ4v) is 7.76. The first-order valence-corrected chi connectivity index (χ1v) is 15.3. The van der Waals surface area contributed by atoms with Gasteiger partial charge in [0.15, 0.2) is 5.78 Å². The van der Waals surface area contributed by atoms with Gasteiger partial charge < -0.3 is 10.6 Å². The van der Waals surface area contributed by atoms with Crippen molar-refractivity contribution >= 4 is 29.2 Å². The van der Waals surface area contributed by atoms with Crippen LogP contribution in [0.5, 0.6) is 0 Å². The number of nitrogens with two attached hydrogens (primary N) is 1. The summed E-state index contributed by atoms with van der Waals surface area (Å²) in [5.41, 5.74) is 4.64. The number of carbonyl (C=O) groups is 5. The van der Waals surface area contributed by atoms with Gasteiger partial charge in [0.05, 0.1) is 6.04 Å². The van der Waals surface area contributed by atoms with Gasteiger partial charge in [-0.05, 0) is 49.5 Å². The summed E-state index contributed by atoms with van der Waals surface area (Å²) >= 11 is 0. The van der Waals surface area contributed by atoms with Crippen LogP contribution in [-0.2, 0) is 24.0 Å². The molecule has 0 radical (unpaired) electrons. The van der Waals surface area contributed by atoms with Crippen molar-refractivity contribution in [3.63, 3.8) is 0 Å². The third-order valence-corrected chi connectivity index (χ3v) is 10.5. The molecule has 8 heteroatoms. The Bertz CT molecular complexity index is 1060. The molecule has 0 aromatic heterocycles. The van der Waals surface area contributed by atoms with E-state index in [1.807, 2.05) is 41.5 Å². The van der Waals surface area contributed by atoms with Gasteiger partial charge in [0.25, 0.3) is 5.91 Å². The van der Waals surface area contributed by atoms with Crippen LogP contribution >= 0.6 is 0 Å². The van der Waals surface area contributed by atoms with Gasteiger partial charge in [0, 0.05) is 55.1 Å². The molecule has 2 aliphatic heterocycles. The quantitative estimate of drug-likeness (QED) is 0.385. The van der Waals surface area contributed by atoms with Crippen molar-refractivity contribution in [3.8, 4) is 0 Å². The number of likely N-dealkylation sites (tertiary alicyclic amines) is 2. The van der Waals surface area contributed by atoms with Crippen LogP contribution in [-0.4, -0.2) is 70.7 Å². The Morgan fingerprint density at radius 3 is 2.02 bits per heavy atom. The van der Waals surface area contributed by atoms with Crippen LogP contribution in [0.4, 0.5) is 0 Å². The molecule has 2 N–H and O–H groups in total. The summed E-state index contributed by atoms with van der Waals surface area (Å²) in [6.45, 7) is 13.5. The minimum absolute atomic E-state index is 0.0598. The summed E-state index contributed by atoms with van der Waals surface area (Å²) in [6.07, 6.45) is 6.79. The molecule has 2 saturated carbocycles. The van der Waals surface area contributed by atoms with E-state index in [2.05, 4.69) is 11.9 Å². The number of fused-ring (bicyclic) bond motifs is 1. The maximum absolute atomic E-state index is 14.4. The van der Waals surface area contributed by atoms with Gasteiger partial charge in [-0.2, -0.15) is 0 Å². The molecule has 2 aliphatic carbocycles. The molecule has 2 heterocycles. The molecular formula is C32H51N3O5. The summed E-state index contributed by atoms with van der Waals surface area (Å²) in [5.74, 6) is -2.85. The minimum atomic E-state index is -0.992. The van der Waals surface area contributed by atoms with Crippen LogP contribution in [0.25, 0.3) is 0 Å². The van der Waals surface area contributed by atoms with E-state index >= 15 is 0 Å². The Labute approximate surface area is 240 Å². The first-order chi connectivity index (χ1) is 18.4. The number of hydrogen-bond acceptors (Lipinski definition) is 6. The van der Waals surface area contributed by atoms with Crippen LogP contribution in [0, 0.1) is 34.0 Å². The summed E-state index contributed by atoms with van der Waals surface area (Å²) in [4.78, 5) is 70.2. The highest BCUT2D eigenvalue weighted by Gasteiger charge is 2.73. The van der Waals surface area contributed by atoms with Crippen molar-refractivity contribution in [2.75, 3.05) is 20.1 Å². The van der Waals surface area contributed by atoms with E-state index in [-0.39, 0.29) is 46.7 Å². The van der Waals surface area contributed by atoms with E-state index in [4.69, 9.17) is 5.73 Å². The molecule has 0 aromatic rings. The van der Waals surface area contributed by atoms with Gasteiger partial charge in [0.1, 0.15) is 5.78 Å². The summed E-state index contributed by atoms with van der Waals surface area (Å²) in [5, 5.41) is 0. The predicted octanol–water partition coefficient (Wildman–Crippen LogP) is 3.93. The Balaban J connectivity index is 1.61. The highest BCUT2D eigenvalue weighted by molar-refractivity contribution is 6.36. The number of rotatable bonds is 11. The molecule has 0 bridgehead atoms. The summed E-state index contributed by atoms with van der Waals surface area (Å²) < 4.78 is 0. The smallest absolute Gasteiger partial charge is 0.285 e. The van der Waals surface area contributed by atoms with E-state index in [0.29, 0.717) is 31.7 Å². The normalized spacial score (nSPS) is 27.7. The van der Waals surface area contributed by atoms with Gasteiger partial charge in [-0.25, -0.2) is 0 Å². The molecule has 2 spiro atoms. The van der Waals surface area contributed by atoms with Crippen LogP contribution in [0.15, 0.2) is 0 Å². The largest absolute Gasteiger partial charge is 0.363 e. The average Bonchev–Trinajstić information content (AvgIpc) is 3.47. The molecule has 224 valence electrons. The molecule has 4 aliphatic rings. The highest BCUT2D eigenvalue weighted by Crippen LogP contribution is 2.67. The van der Waals surface area contributed by atoms with Crippen molar-refractivity contribution in [1.29, 1.82) is 0 Å². The molecule has 0 aromatic carbocycles. The molecule has 2 amide bonds. The fraction of sp³-hybridized carbons (Fsp3) is 0.844. The number of Topliss-reactive ketones (excluding diaryl/α,β-unsaturated/α-hetero) is 3. The number of likely N-dealkylation sites (N-methyl/N-ethyl adjacent to an activating group) is 1. The van der Waals surface area contributed by atoms with E-state index in [1.54, 1.807) is 4.90 Å². The Kier molecular flexibility index (Phi) is 8.20. The van der Waals surface area contributed by atoms with Gasteiger partial charge in [-0.1, -0.05) is 60.8 Å². The molecule has 8 nitrogen and oxygen atoms in total. The number of hydrogen-bond donors (Lipinski definition) is 1. The minimum Gasteiger partial charge on any atom is -0.363 e. The fourth-order valence-electron chi connectivity index (χ4n) is 7.76. The van der Waals surface area contributed by atoms with Crippen LogP contribution in [0.2, 0.25) is 0 Å². The number of amides is 2. The lowest BCUT2D eigenvalue weighted by molar-refractivity contribution is -0.147. The number of nitrogens with zero attached hydrogens (tertiary/aromatic N) is 2. The number of ketones is 3. The second-order valence-corrected chi connectivity index (χ2v) is 15.9. The second-order valence-electron chi connectivity index (χ2n) is 15.9. The van der Waals surface area contributed by atoms with E-state index in [9.17, 15) is 24.0 Å². The van der Waals surface area contributed by atoms with Crippen LogP contribution in [0.1, 0.15) is 106 Å². The van der Waals surface area contributed by atoms with E-state index in [0.717, 1.165) is 38.6 Å². The predicted molar refractivity (Wildman–Crippen MR) is 153 cm³/mol. The lowest BCUT2D eigenvalue weighted by atomic mass is 9.69. The summed E-state index contributed by atoms with van der Waals surface area (Å²) in [7, 11) is 2.07. The van der Waals surface area contributed by atoms with E-state index < -0.39 is 35.0 Å². The van der Waals surface area contributed by atoms with Gasteiger partial charge >= 0.3 is 0 Å². The molecular weight excluding hydrogens is 506 g/mol. The topological polar surface area (TPSA) is 118 Å². The third-order valence-electron chi connectivity index (χ3n) is 10.5. The Morgan fingerprint density at radius 2 is 1.57 bits per heavy atom. The zero-order valence-electron chi connectivity index (χ0n) is 25.8. The monoisotopic (exact) mass is 557 g/mol. The van der Waals surface area contributed by atoms with Crippen LogP contribution in [0.3, 0.4) is 0 Å². The maximum atomic E-state index is 14.4. The molecule has 2 unspecified atom stereocenters. The van der Waals surface area contributed by atoms with Gasteiger partial charge in [-0.15, -0.1) is 0 Å². The first-order valence-electron chi connectivity index (χ1n) is 15.3. The Morgan fingerprint density at radius 1 is 0.950 bits per heavy atom. The maximum Gasteiger partial charge on any atom is 0.285 e. The lowest BCUT2D eigenvalue weighted by Gasteiger charge is -2.57. The molecule has 4 fully saturated rings. The zero-order valence-corrected chi connectivity index (χ0v) is 25.8. The number of carbonyl (C=O) groups excluding carboxylic acids is 5. The van der Waals surface area contributed by atoms with Crippen molar-refractivity contribution in [1.82, 2.24) is 9.80 Å². The van der Waals surface area contributed by atoms with Crippen molar-refractivity contribution in [2.24, 2.45) is 39.7 Å². The number of primary amides is 1. The third kappa shape index (κ3) is 5.93. The molecule has 4 rings (SSSR count).